The molecule has 0 bridgehead atoms. The Morgan fingerprint density at radius 1 is 1.22 bits per heavy atom. The third-order valence-corrected chi connectivity index (χ3v) is 4.82. The molecule has 0 saturated carbocycles. The van der Waals surface area contributed by atoms with Gasteiger partial charge in [0.2, 0.25) is 5.91 Å². The highest BCUT2D eigenvalue weighted by atomic mass is 79.9. The van der Waals surface area contributed by atoms with Crippen molar-refractivity contribution in [3.8, 4) is 17.0 Å². The summed E-state index contributed by atoms with van der Waals surface area (Å²) in [4.78, 5) is 16.6. The van der Waals surface area contributed by atoms with Crippen molar-refractivity contribution in [1.29, 1.82) is 0 Å². The number of nitrogens with zero attached hydrogens (tertiary/aromatic N) is 1. The molecule has 138 valence electrons. The van der Waals surface area contributed by atoms with Gasteiger partial charge in [-0.2, -0.15) is 0 Å². The monoisotopic (exact) mass is 442 g/mol. The summed E-state index contributed by atoms with van der Waals surface area (Å²) in [7, 11) is 0. The normalized spacial score (nSPS) is 11.1. The van der Waals surface area contributed by atoms with E-state index in [0.29, 0.717) is 5.13 Å². The Morgan fingerprint density at radius 3 is 2.74 bits per heavy atom. The maximum absolute atomic E-state index is 12.2. The lowest BCUT2D eigenvalue weighted by atomic mass is 10.2. The minimum Gasteiger partial charge on any atom is -0.491 e. The van der Waals surface area contributed by atoms with Gasteiger partial charge in [-0.3, -0.25) is 10.1 Å². The van der Waals surface area contributed by atoms with E-state index in [1.165, 1.54) is 17.4 Å². The summed E-state index contributed by atoms with van der Waals surface area (Å²) in [6, 6.07) is 15.5. The number of amides is 1. The Hall–Kier alpha value is -2.44. The molecule has 0 aliphatic heterocycles. The molecule has 0 aliphatic rings. The number of anilines is 1. The minimum atomic E-state index is -0.220. The topological polar surface area (TPSA) is 51.2 Å². The first-order valence-electron chi connectivity index (χ1n) is 8.47. The Morgan fingerprint density at radius 2 is 2.00 bits per heavy atom. The van der Waals surface area contributed by atoms with Crippen molar-refractivity contribution in [1.82, 2.24) is 4.98 Å². The van der Waals surface area contributed by atoms with E-state index in [1.54, 1.807) is 6.08 Å². The number of hydrogen-bond donors (Lipinski definition) is 1. The number of rotatable bonds is 6. The van der Waals surface area contributed by atoms with Gasteiger partial charge in [-0.05, 0) is 49.8 Å². The van der Waals surface area contributed by atoms with Crippen molar-refractivity contribution < 1.29 is 9.53 Å². The first-order valence-corrected chi connectivity index (χ1v) is 10.1. The summed E-state index contributed by atoms with van der Waals surface area (Å²) >= 11 is 4.82. The lowest BCUT2D eigenvalue weighted by molar-refractivity contribution is -0.111. The number of halogens is 1. The summed E-state index contributed by atoms with van der Waals surface area (Å²) in [5.41, 5.74) is 2.75. The molecular weight excluding hydrogens is 424 g/mol. The van der Waals surface area contributed by atoms with Gasteiger partial charge in [0.25, 0.3) is 0 Å². The van der Waals surface area contributed by atoms with E-state index in [4.69, 9.17) is 4.74 Å². The van der Waals surface area contributed by atoms with E-state index in [-0.39, 0.29) is 12.0 Å². The number of carbonyl (C=O) groups is 1. The molecule has 0 saturated heterocycles. The van der Waals surface area contributed by atoms with Crippen LogP contribution in [0.25, 0.3) is 17.3 Å². The van der Waals surface area contributed by atoms with Crippen LogP contribution in [0.15, 0.2) is 64.5 Å². The predicted octanol–water partition coefficient (Wildman–Crippen LogP) is 6.01. The fourth-order valence-electron chi connectivity index (χ4n) is 2.37. The number of aromatic nitrogens is 1. The standard InChI is InChI=1S/C21H19BrN2O2S/c1-14(2)26-18-5-3-4-15(12-18)6-11-20(25)24-21-23-19(13-27-21)16-7-9-17(22)10-8-16/h3-14H,1-2H3,(H,23,24,25)/b11-6+. The zero-order chi connectivity index (χ0) is 19.2. The van der Waals surface area contributed by atoms with Crippen molar-refractivity contribution in [2.45, 2.75) is 20.0 Å². The van der Waals surface area contributed by atoms with Crippen LogP contribution in [0.3, 0.4) is 0 Å². The zero-order valence-corrected chi connectivity index (χ0v) is 17.4. The summed E-state index contributed by atoms with van der Waals surface area (Å²) in [5.74, 6) is 0.563. The molecule has 3 aromatic rings. The second-order valence-electron chi connectivity index (χ2n) is 6.11. The van der Waals surface area contributed by atoms with Gasteiger partial charge < -0.3 is 4.74 Å². The van der Waals surface area contributed by atoms with E-state index in [0.717, 1.165) is 27.0 Å². The molecule has 0 atom stereocenters. The smallest absolute Gasteiger partial charge is 0.250 e. The van der Waals surface area contributed by atoms with Gasteiger partial charge in [-0.1, -0.05) is 40.2 Å². The number of benzene rings is 2. The zero-order valence-electron chi connectivity index (χ0n) is 15.0. The molecule has 3 rings (SSSR count). The molecule has 1 amide bonds. The summed E-state index contributed by atoms with van der Waals surface area (Å²) in [6.45, 7) is 3.96. The summed E-state index contributed by atoms with van der Waals surface area (Å²) in [5, 5.41) is 5.30. The quantitative estimate of drug-likeness (QED) is 0.475. The highest BCUT2D eigenvalue weighted by Gasteiger charge is 2.06. The average molecular weight is 443 g/mol. The molecule has 0 unspecified atom stereocenters. The van der Waals surface area contributed by atoms with Crippen LogP contribution in [0, 0.1) is 0 Å². The molecule has 1 aromatic heterocycles. The van der Waals surface area contributed by atoms with Crippen LogP contribution in [0.5, 0.6) is 5.75 Å². The second kappa shape index (κ2) is 8.97. The van der Waals surface area contributed by atoms with Crippen LogP contribution >= 0.6 is 27.3 Å². The van der Waals surface area contributed by atoms with Gasteiger partial charge in [-0.25, -0.2) is 4.98 Å². The largest absolute Gasteiger partial charge is 0.491 e. The molecular formula is C21H19BrN2O2S. The Bertz CT molecular complexity index is 949. The molecule has 27 heavy (non-hydrogen) atoms. The van der Waals surface area contributed by atoms with Crippen molar-refractivity contribution >= 4 is 44.4 Å². The molecule has 0 fully saturated rings. The molecule has 1 heterocycles. The fraction of sp³-hybridized carbons (Fsp3) is 0.143. The van der Waals surface area contributed by atoms with Crippen molar-refractivity contribution in [2.75, 3.05) is 5.32 Å². The molecule has 6 heteroatoms. The summed E-state index contributed by atoms with van der Waals surface area (Å²) in [6.07, 6.45) is 3.36. The van der Waals surface area contributed by atoms with E-state index in [9.17, 15) is 4.79 Å². The second-order valence-corrected chi connectivity index (χ2v) is 7.88. The number of ether oxygens (including phenoxy) is 1. The molecule has 4 nitrogen and oxygen atoms in total. The van der Waals surface area contributed by atoms with Gasteiger partial charge in [0.15, 0.2) is 5.13 Å². The maximum atomic E-state index is 12.2. The van der Waals surface area contributed by atoms with E-state index >= 15 is 0 Å². The molecule has 1 N–H and O–H groups in total. The number of thiazole rings is 1. The van der Waals surface area contributed by atoms with Crippen molar-refractivity contribution in [3.05, 3.63) is 70.0 Å². The molecule has 2 aromatic carbocycles. The third kappa shape index (κ3) is 5.77. The van der Waals surface area contributed by atoms with Gasteiger partial charge >= 0.3 is 0 Å². The van der Waals surface area contributed by atoms with E-state index < -0.39 is 0 Å². The molecule has 0 spiro atoms. The molecule has 0 radical (unpaired) electrons. The van der Waals surface area contributed by atoms with Crippen LogP contribution in [0.2, 0.25) is 0 Å². The van der Waals surface area contributed by atoms with Crippen LogP contribution in [0.4, 0.5) is 5.13 Å². The van der Waals surface area contributed by atoms with Crippen molar-refractivity contribution in [2.24, 2.45) is 0 Å². The van der Waals surface area contributed by atoms with E-state index in [2.05, 4.69) is 26.2 Å². The van der Waals surface area contributed by atoms with Crippen LogP contribution in [-0.4, -0.2) is 17.0 Å². The lowest BCUT2D eigenvalue weighted by Gasteiger charge is -2.09. The first kappa shape index (κ1) is 19.3. The third-order valence-electron chi connectivity index (χ3n) is 3.53. The predicted molar refractivity (Wildman–Crippen MR) is 115 cm³/mol. The molecule has 0 aliphatic carbocycles. The first-order chi connectivity index (χ1) is 13.0. The number of hydrogen-bond acceptors (Lipinski definition) is 4. The SMILES string of the molecule is CC(C)Oc1cccc(/C=C/C(=O)Nc2nc(-c3ccc(Br)cc3)cs2)c1. The van der Waals surface area contributed by atoms with Crippen LogP contribution in [-0.2, 0) is 4.79 Å². The Balaban J connectivity index is 1.62. The number of carbonyl (C=O) groups excluding carboxylic acids is 1. The fourth-order valence-corrected chi connectivity index (χ4v) is 3.35. The van der Waals surface area contributed by atoms with Gasteiger partial charge in [0, 0.05) is 21.5 Å². The van der Waals surface area contributed by atoms with Crippen LogP contribution in [0.1, 0.15) is 19.4 Å². The van der Waals surface area contributed by atoms with Gasteiger partial charge in [-0.15, -0.1) is 11.3 Å². The van der Waals surface area contributed by atoms with Gasteiger partial charge in [0.1, 0.15) is 5.75 Å². The van der Waals surface area contributed by atoms with E-state index in [1.807, 2.05) is 67.8 Å². The Kier molecular flexibility index (Phi) is 6.42. The average Bonchev–Trinajstić information content (AvgIpc) is 3.09. The highest BCUT2D eigenvalue weighted by Crippen LogP contribution is 2.26. The maximum Gasteiger partial charge on any atom is 0.250 e. The Labute approximate surface area is 171 Å². The van der Waals surface area contributed by atoms with Crippen molar-refractivity contribution in [3.63, 3.8) is 0 Å². The highest BCUT2D eigenvalue weighted by molar-refractivity contribution is 9.10. The minimum absolute atomic E-state index is 0.109. The number of nitrogens with one attached hydrogen (secondary N) is 1. The summed E-state index contributed by atoms with van der Waals surface area (Å²) < 4.78 is 6.68. The van der Waals surface area contributed by atoms with Crippen LogP contribution < -0.4 is 10.1 Å². The lowest BCUT2D eigenvalue weighted by Crippen LogP contribution is -2.07. The van der Waals surface area contributed by atoms with Gasteiger partial charge in [0.05, 0.1) is 11.8 Å².